The van der Waals surface area contributed by atoms with Crippen molar-refractivity contribution in [3.63, 3.8) is 0 Å². The predicted molar refractivity (Wildman–Crippen MR) is 118 cm³/mol. The number of hydrogen-bond acceptors (Lipinski definition) is 6. The molecule has 9 nitrogen and oxygen atoms in total. The van der Waals surface area contributed by atoms with Gasteiger partial charge in [0.15, 0.2) is 0 Å². The zero-order chi connectivity index (χ0) is 21.8. The lowest BCUT2D eigenvalue weighted by Crippen LogP contribution is -2.52. The van der Waals surface area contributed by atoms with Gasteiger partial charge in [-0.05, 0) is 36.6 Å². The molecule has 1 aliphatic carbocycles. The van der Waals surface area contributed by atoms with Crippen LogP contribution in [-0.4, -0.2) is 62.6 Å². The van der Waals surface area contributed by atoms with E-state index in [-0.39, 0.29) is 17.4 Å². The summed E-state index contributed by atoms with van der Waals surface area (Å²) in [5.74, 6) is 1.15. The first-order valence-electron chi connectivity index (χ1n) is 10.2. The molecule has 0 spiro atoms. The highest BCUT2D eigenvalue weighted by atomic mass is 16.5. The Labute approximate surface area is 179 Å². The van der Waals surface area contributed by atoms with E-state index in [1.165, 1.54) is 0 Å². The second kappa shape index (κ2) is 6.97. The molecule has 160 valence electrons. The summed E-state index contributed by atoms with van der Waals surface area (Å²) in [5, 5.41) is 8.44. The van der Waals surface area contributed by atoms with Crippen LogP contribution < -0.4 is 10.1 Å². The van der Waals surface area contributed by atoms with Crippen molar-refractivity contribution >= 4 is 28.4 Å². The SMILES string of the molecule is COc1nc(N[C@H]2C[C@@](C)(C(=O)N(C)C)C2)nc2[nH]cc(-c3ccn4nccc4c3)c12. The number of methoxy groups -OCH3 is 1. The van der Waals surface area contributed by atoms with Crippen LogP contribution in [-0.2, 0) is 4.79 Å². The lowest BCUT2D eigenvalue weighted by Gasteiger charge is -2.45. The fourth-order valence-corrected chi connectivity index (χ4v) is 4.56. The molecular weight excluding hydrogens is 394 g/mol. The number of aromatic amines is 1. The zero-order valence-electron chi connectivity index (χ0n) is 18.0. The Kier molecular flexibility index (Phi) is 4.35. The molecule has 0 aromatic carbocycles. The van der Waals surface area contributed by atoms with Gasteiger partial charge in [-0.2, -0.15) is 15.1 Å². The van der Waals surface area contributed by atoms with E-state index < -0.39 is 0 Å². The predicted octanol–water partition coefficient (Wildman–Crippen LogP) is 2.95. The van der Waals surface area contributed by atoms with Crippen LogP contribution in [0.3, 0.4) is 0 Å². The van der Waals surface area contributed by atoms with Crippen molar-refractivity contribution in [1.82, 2.24) is 29.5 Å². The first-order valence-corrected chi connectivity index (χ1v) is 10.2. The maximum atomic E-state index is 12.4. The lowest BCUT2D eigenvalue weighted by molar-refractivity contribution is -0.143. The maximum absolute atomic E-state index is 12.4. The minimum Gasteiger partial charge on any atom is -0.480 e. The molecule has 4 aromatic rings. The minimum atomic E-state index is -0.332. The monoisotopic (exact) mass is 419 g/mol. The number of aromatic nitrogens is 5. The smallest absolute Gasteiger partial charge is 0.228 e. The van der Waals surface area contributed by atoms with Crippen molar-refractivity contribution in [2.24, 2.45) is 5.41 Å². The largest absolute Gasteiger partial charge is 0.480 e. The van der Waals surface area contributed by atoms with Crippen LogP contribution in [0, 0.1) is 5.41 Å². The molecule has 5 rings (SSSR count). The van der Waals surface area contributed by atoms with Crippen molar-refractivity contribution in [3.05, 3.63) is 36.8 Å². The van der Waals surface area contributed by atoms with Gasteiger partial charge in [-0.1, -0.05) is 6.92 Å². The number of fused-ring (bicyclic) bond motifs is 2. The van der Waals surface area contributed by atoms with Gasteiger partial charge in [0.25, 0.3) is 0 Å². The lowest BCUT2D eigenvalue weighted by atomic mass is 9.66. The first-order chi connectivity index (χ1) is 14.9. The average Bonchev–Trinajstić information content (AvgIpc) is 3.37. The molecule has 0 atom stereocenters. The fourth-order valence-electron chi connectivity index (χ4n) is 4.56. The summed E-state index contributed by atoms with van der Waals surface area (Å²) in [6.45, 7) is 2.01. The number of ether oxygens (including phenoxy) is 1. The van der Waals surface area contributed by atoms with E-state index in [1.807, 2.05) is 36.0 Å². The topological polar surface area (TPSA) is 100 Å². The summed E-state index contributed by atoms with van der Waals surface area (Å²) in [5.41, 5.74) is 3.37. The van der Waals surface area contributed by atoms with E-state index in [9.17, 15) is 4.79 Å². The number of nitrogens with zero attached hydrogens (tertiary/aromatic N) is 5. The van der Waals surface area contributed by atoms with Crippen LogP contribution in [0.25, 0.3) is 27.7 Å². The highest BCUT2D eigenvalue weighted by molar-refractivity contribution is 5.98. The van der Waals surface area contributed by atoms with Gasteiger partial charge in [0.1, 0.15) is 5.65 Å². The van der Waals surface area contributed by atoms with Crippen molar-refractivity contribution in [1.29, 1.82) is 0 Å². The molecule has 1 amide bonds. The summed E-state index contributed by atoms with van der Waals surface area (Å²) >= 11 is 0. The van der Waals surface area contributed by atoms with E-state index in [0.717, 1.165) is 34.9 Å². The Balaban J connectivity index is 1.43. The van der Waals surface area contributed by atoms with Crippen LogP contribution in [0.1, 0.15) is 19.8 Å². The van der Waals surface area contributed by atoms with Crippen molar-refractivity contribution in [3.8, 4) is 17.0 Å². The summed E-state index contributed by atoms with van der Waals surface area (Å²) in [4.78, 5) is 26.5. The van der Waals surface area contributed by atoms with Crippen molar-refractivity contribution < 1.29 is 9.53 Å². The fraction of sp³-hybridized carbons (Fsp3) is 0.364. The van der Waals surface area contributed by atoms with Gasteiger partial charge in [-0.3, -0.25) is 4.79 Å². The molecule has 1 fully saturated rings. The first kappa shape index (κ1) is 19.3. The summed E-state index contributed by atoms with van der Waals surface area (Å²) in [6.07, 6.45) is 7.11. The quantitative estimate of drug-likeness (QED) is 0.516. The van der Waals surface area contributed by atoms with E-state index >= 15 is 0 Å². The zero-order valence-corrected chi connectivity index (χ0v) is 18.0. The Morgan fingerprint density at radius 1 is 1.32 bits per heavy atom. The van der Waals surface area contributed by atoms with E-state index in [4.69, 9.17) is 4.74 Å². The van der Waals surface area contributed by atoms with E-state index in [1.54, 1.807) is 32.3 Å². The number of pyridine rings is 1. The van der Waals surface area contributed by atoms with Crippen LogP contribution in [0.4, 0.5) is 5.95 Å². The van der Waals surface area contributed by atoms with E-state index in [2.05, 4.69) is 31.4 Å². The number of anilines is 1. The van der Waals surface area contributed by atoms with Gasteiger partial charge < -0.3 is 19.9 Å². The normalized spacial score (nSPS) is 20.6. The molecule has 0 bridgehead atoms. The minimum absolute atomic E-state index is 0.148. The number of carbonyl (C=O) groups excluding carboxylic acids is 1. The molecule has 2 N–H and O–H groups in total. The maximum Gasteiger partial charge on any atom is 0.228 e. The molecule has 4 heterocycles. The third-order valence-corrected chi connectivity index (χ3v) is 6.05. The Hall–Kier alpha value is -3.62. The molecule has 0 saturated heterocycles. The molecular formula is C22H25N7O2. The Bertz CT molecular complexity index is 1280. The van der Waals surface area contributed by atoms with Gasteiger partial charge in [-0.25, -0.2) is 4.52 Å². The Morgan fingerprint density at radius 3 is 2.87 bits per heavy atom. The third-order valence-electron chi connectivity index (χ3n) is 6.05. The van der Waals surface area contributed by atoms with Crippen LogP contribution in [0.2, 0.25) is 0 Å². The van der Waals surface area contributed by atoms with Gasteiger partial charge in [0.05, 0.1) is 23.4 Å². The molecule has 4 aromatic heterocycles. The second-order valence-corrected chi connectivity index (χ2v) is 8.61. The van der Waals surface area contributed by atoms with Gasteiger partial charge >= 0.3 is 0 Å². The molecule has 0 aliphatic heterocycles. The highest BCUT2D eigenvalue weighted by Gasteiger charge is 2.47. The van der Waals surface area contributed by atoms with Crippen LogP contribution >= 0.6 is 0 Å². The van der Waals surface area contributed by atoms with Gasteiger partial charge in [0, 0.05) is 44.3 Å². The third kappa shape index (κ3) is 3.17. The number of amides is 1. The average molecular weight is 419 g/mol. The van der Waals surface area contributed by atoms with Crippen molar-refractivity contribution in [2.75, 3.05) is 26.5 Å². The number of rotatable bonds is 5. The number of H-pyrrole nitrogens is 1. The molecule has 1 aliphatic rings. The molecule has 31 heavy (non-hydrogen) atoms. The van der Waals surface area contributed by atoms with Gasteiger partial charge in [-0.15, -0.1) is 0 Å². The summed E-state index contributed by atoms with van der Waals surface area (Å²) < 4.78 is 7.44. The second-order valence-electron chi connectivity index (χ2n) is 8.61. The van der Waals surface area contributed by atoms with Crippen molar-refractivity contribution in [2.45, 2.75) is 25.8 Å². The number of nitrogens with one attached hydrogen (secondary N) is 2. The van der Waals surface area contributed by atoms with Crippen LogP contribution in [0.15, 0.2) is 36.8 Å². The molecule has 1 saturated carbocycles. The summed E-state index contributed by atoms with van der Waals surface area (Å²) in [7, 11) is 5.20. The molecule has 0 unspecified atom stereocenters. The summed E-state index contributed by atoms with van der Waals surface area (Å²) in [6, 6.07) is 6.18. The Morgan fingerprint density at radius 2 is 2.13 bits per heavy atom. The molecule has 0 radical (unpaired) electrons. The van der Waals surface area contributed by atoms with Crippen LogP contribution in [0.5, 0.6) is 5.88 Å². The molecule has 9 heteroatoms. The van der Waals surface area contributed by atoms with Gasteiger partial charge in [0.2, 0.25) is 17.7 Å². The standard InChI is InChI=1S/C22H25N7O2/c1-22(20(30)28(2)3)10-14(11-22)25-21-26-18-17(19(27-21)31-4)16(12-23-18)13-6-8-29-15(9-13)5-7-24-29/h5-9,12,14H,10-11H2,1-4H3,(H2,23,25,26,27)/t14-,22+. The highest BCUT2D eigenvalue weighted by Crippen LogP contribution is 2.43. The number of hydrogen-bond donors (Lipinski definition) is 2. The number of carbonyl (C=O) groups is 1. The van der Waals surface area contributed by atoms with E-state index in [0.29, 0.717) is 17.5 Å².